The summed E-state index contributed by atoms with van der Waals surface area (Å²) < 4.78 is 16.7. The van der Waals surface area contributed by atoms with Crippen molar-refractivity contribution < 1.29 is 13.7 Å². The van der Waals surface area contributed by atoms with E-state index in [9.17, 15) is 9.00 Å². The molecule has 3 atom stereocenters. The Kier molecular flexibility index (Phi) is 6.84. The van der Waals surface area contributed by atoms with Gasteiger partial charge in [-0.2, -0.15) is 0 Å². The van der Waals surface area contributed by atoms with Crippen molar-refractivity contribution in [2.45, 2.75) is 32.4 Å². The second kappa shape index (κ2) is 7.94. The highest BCUT2D eigenvalue weighted by atomic mass is 32.2. The van der Waals surface area contributed by atoms with Gasteiger partial charge in [0.15, 0.2) is 5.96 Å². The number of carbonyl (C=O) groups is 1. The van der Waals surface area contributed by atoms with E-state index in [2.05, 4.69) is 15.2 Å². The molecule has 0 aliphatic carbocycles. The SMILES string of the molecule is CN=C(NCCS(=O)C(C)(C)C)N1CC(C)C(C(=O)OC)C1. The van der Waals surface area contributed by atoms with Crippen LogP contribution < -0.4 is 5.32 Å². The predicted octanol–water partition coefficient (Wildman–Crippen LogP) is 0.850. The van der Waals surface area contributed by atoms with Crippen molar-refractivity contribution in [3.8, 4) is 0 Å². The molecule has 1 fully saturated rings. The average Bonchev–Trinajstić information content (AvgIpc) is 2.83. The van der Waals surface area contributed by atoms with Crippen LogP contribution in [-0.2, 0) is 20.3 Å². The summed E-state index contributed by atoms with van der Waals surface area (Å²) in [6, 6.07) is 0. The molecule has 1 rings (SSSR count). The first-order valence-corrected chi connectivity index (χ1v) is 8.94. The molecule has 3 unspecified atom stereocenters. The van der Waals surface area contributed by atoms with E-state index in [1.54, 1.807) is 7.05 Å². The van der Waals surface area contributed by atoms with E-state index in [1.165, 1.54) is 7.11 Å². The third-order valence-corrected chi connectivity index (χ3v) is 5.82. The molecule has 0 radical (unpaired) electrons. The number of aliphatic imine (C=N–C) groups is 1. The predicted molar refractivity (Wildman–Crippen MR) is 90.4 cm³/mol. The van der Waals surface area contributed by atoms with Gasteiger partial charge in [-0.3, -0.25) is 14.0 Å². The second-order valence-electron chi connectivity index (χ2n) is 6.65. The first-order valence-electron chi connectivity index (χ1n) is 7.62. The molecule has 128 valence electrons. The maximum atomic E-state index is 12.0. The smallest absolute Gasteiger partial charge is 0.310 e. The number of nitrogens with one attached hydrogen (secondary N) is 1. The van der Waals surface area contributed by atoms with Crippen molar-refractivity contribution in [2.75, 3.05) is 39.5 Å². The van der Waals surface area contributed by atoms with E-state index in [1.807, 2.05) is 27.7 Å². The maximum Gasteiger partial charge on any atom is 0.310 e. The number of carbonyl (C=O) groups excluding carboxylic acids is 1. The molecule has 1 aliphatic heterocycles. The Bertz CT molecular complexity index is 446. The van der Waals surface area contributed by atoms with Gasteiger partial charge >= 0.3 is 5.97 Å². The summed E-state index contributed by atoms with van der Waals surface area (Å²) in [5, 5.41) is 3.24. The summed E-state index contributed by atoms with van der Waals surface area (Å²) in [6.45, 7) is 9.94. The van der Waals surface area contributed by atoms with Gasteiger partial charge in [0.25, 0.3) is 0 Å². The summed E-state index contributed by atoms with van der Waals surface area (Å²) in [6.07, 6.45) is 0. The monoisotopic (exact) mass is 331 g/mol. The lowest BCUT2D eigenvalue weighted by atomic mass is 9.99. The summed E-state index contributed by atoms with van der Waals surface area (Å²) in [4.78, 5) is 18.1. The van der Waals surface area contributed by atoms with Crippen molar-refractivity contribution in [1.82, 2.24) is 10.2 Å². The first-order chi connectivity index (χ1) is 10.2. The maximum absolute atomic E-state index is 12.0. The number of hydrogen-bond donors (Lipinski definition) is 1. The minimum Gasteiger partial charge on any atom is -0.469 e. The van der Waals surface area contributed by atoms with E-state index < -0.39 is 10.8 Å². The molecule has 0 bridgehead atoms. The zero-order valence-corrected chi connectivity index (χ0v) is 15.3. The molecular weight excluding hydrogens is 302 g/mol. The molecule has 22 heavy (non-hydrogen) atoms. The number of esters is 1. The van der Waals surface area contributed by atoms with Gasteiger partial charge in [-0.05, 0) is 26.7 Å². The fourth-order valence-electron chi connectivity index (χ4n) is 2.49. The van der Waals surface area contributed by atoms with Gasteiger partial charge in [0.05, 0.1) is 13.0 Å². The number of ether oxygens (including phenoxy) is 1. The minimum atomic E-state index is -0.890. The fraction of sp³-hybridized carbons (Fsp3) is 0.867. The molecule has 1 N–H and O–H groups in total. The average molecular weight is 331 g/mol. The Hall–Kier alpha value is -1.11. The molecule has 7 heteroatoms. The van der Waals surface area contributed by atoms with Crippen LogP contribution in [0, 0.1) is 11.8 Å². The highest BCUT2D eigenvalue weighted by Crippen LogP contribution is 2.24. The third kappa shape index (κ3) is 4.97. The number of nitrogens with zero attached hydrogens (tertiary/aromatic N) is 2. The van der Waals surface area contributed by atoms with E-state index >= 15 is 0 Å². The lowest BCUT2D eigenvalue weighted by molar-refractivity contribution is -0.145. The fourth-order valence-corrected chi connectivity index (χ4v) is 3.39. The van der Waals surface area contributed by atoms with Crippen molar-refractivity contribution in [3.05, 3.63) is 0 Å². The van der Waals surface area contributed by atoms with Crippen molar-refractivity contribution in [1.29, 1.82) is 0 Å². The van der Waals surface area contributed by atoms with E-state index in [0.717, 1.165) is 12.5 Å². The standard InChI is InChI=1S/C15H29N3O3S/c1-11-9-18(10-12(11)13(19)21-6)14(16-5)17-7-8-22(20)15(2,3)4/h11-12H,7-10H2,1-6H3,(H,16,17). The quantitative estimate of drug-likeness (QED) is 0.470. The van der Waals surface area contributed by atoms with Crippen LogP contribution in [0.3, 0.4) is 0 Å². The van der Waals surface area contributed by atoms with Gasteiger partial charge in [-0.25, -0.2) is 0 Å². The van der Waals surface area contributed by atoms with E-state index in [-0.39, 0.29) is 22.6 Å². The number of guanidine groups is 1. The number of likely N-dealkylation sites (tertiary alicyclic amines) is 1. The Balaban J connectivity index is 2.53. The van der Waals surface area contributed by atoms with Crippen molar-refractivity contribution in [2.24, 2.45) is 16.8 Å². The van der Waals surface area contributed by atoms with Gasteiger partial charge < -0.3 is 15.0 Å². The zero-order chi connectivity index (χ0) is 16.9. The molecule has 6 nitrogen and oxygen atoms in total. The number of methoxy groups -OCH3 is 1. The van der Waals surface area contributed by atoms with Gasteiger partial charge in [0, 0.05) is 48.0 Å². The Morgan fingerprint density at radius 3 is 2.55 bits per heavy atom. The topological polar surface area (TPSA) is 71.0 Å². The van der Waals surface area contributed by atoms with Crippen molar-refractivity contribution >= 4 is 22.7 Å². The Morgan fingerprint density at radius 2 is 2.05 bits per heavy atom. The van der Waals surface area contributed by atoms with Crippen LogP contribution in [0.15, 0.2) is 4.99 Å². The lowest BCUT2D eigenvalue weighted by Gasteiger charge is -2.23. The molecule has 0 aromatic carbocycles. The third-order valence-electron chi connectivity index (χ3n) is 3.88. The summed E-state index contributed by atoms with van der Waals surface area (Å²) in [5.41, 5.74) is 0. The van der Waals surface area contributed by atoms with Gasteiger partial charge in [-0.15, -0.1) is 0 Å². The van der Waals surface area contributed by atoms with E-state index in [0.29, 0.717) is 18.8 Å². The molecule has 0 aromatic heterocycles. The molecule has 1 saturated heterocycles. The van der Waals surface area contributed by atoms with Gasteiger partial charge in [-0.1, -0.05) is 6.92 Å². The Labute approximate surface area is 136 Å². The van der Waals surface area contributed by atoms with Gasteiger partial charge in [0.2, 0.25) is 0 Å². The van der Waals surface area contributed by atoms with Crippen LogP contribution in [-0.4, -0.2) is 65.3 Å². The molecule has 0 saturated carbocycles. The summed E-state index contributed by atoms with van der Waals surface area (Å²) in [5.74, 6) is 1.28. The summed E-state index contributed by atoms with van der Waals surface area (Å²) >= 11 is 0. The molecule has 1 heterocycles. The molecule has 0 spiro atoms. The molecule has 1 aliphatic rings. The highest BCUT2D eigenvalue weighted by Gasteiger charge is 2.36. The lowest BCUT2D eigenvalue weighted by Crippen LogP contribution is -2.42. The summed E-state index contributed by atoms with van der Waals surface area (Å²) in [7, 11) is 2.25. The second-order valence-corrected chi connectivity index (χ2v) is 8.97. The first kappa shape index (κ1) is 18.9. The van der Waals surface area contributed by atoms with Crippen LogP contribution in [0.1, 0.15) is 27.7 Å². The van der Waals surface area contributed by atoms with Crippen LogP contribution in [0.5, 0.6) is 0 Å². The molecular formula is C15H29N3O3S. The molecule has 0 aromatic rings. The highest BCUT2D eigenvalue weighted by molar-refractivity contribution is 7.86. The number of rotatable bonds is 4. The van der Waals surface area contributed by atoms with Crippen LogP contribution in [0.2, 0.25) is 0 Å². The minimum absolute atomic E-state index is 0.118. The van der Waals surface area contributed by atoms with Crippen LogP contribution in [0.25, 0.3) is 0 Å². The van der Waals surface area contributed by atoms with E-state index in [4.69, 9.17) is 4.74 Å². The largest absolute Gasteiger partial charge is 0.469 e. The van der Waals surface area contributed by atoms with Crippen LogP contribution >= 0.6 is 0 Å². The molecule has 0 amide bonds. The Morgan fingerprint density at radius 1 is 1.41 bits per heavy atom. The zero-order valence-electron chi connectivity index (χ0n) is 14.5. The number of hydrogen-bond acceptors (Lipinski definition) is 4. The van der Waals surface area contributed by atoms with Gasteiger partial charge in [0.1, 0.15) is 0 Å². The normalized spacial score (nSPS) is 24.3. The van der Waals surface area contributed by atoms with Crippen LogP contribution in [0.4, 0.5) is 0 Å². The van der Waals surface area contributed by atoms with Crippen molar-refractivity contribution in [3.63, 3.8) is 0 Å².